The molecule has 2 heterocycles. The Morgan fingerprint density at radius 2 is 1.11 bits per heavy atom. The molecule has 0 radical (unpaired) electrons. The fourth-order valence-electron chi connectivity index (χ4n) is 6.12. The zero-order valence-corrected chi connectivity index (χ0v) is 30.1. The molecule has 0 saturated carbocycles. The highest BCUT2D eigenvalue weighted by molar-refractivity contribution is 5.89. The number of benzene rings is 3. The molecule has 0 unspecified atom stereocenters. The van der Waals surface area contributed by atoms with E-state index in [0.29, 0.717) is 0 Å². The van der Waals surface area contributed by atoms with Gasteiger partial charge in [0.2, 0.25) is 0 Å². The summed E-state index contributed by atoms with van der Waals surface area (Å²) >= 11 is 0. The monoisotopic (exact) mass is 751 g/mol. The maximum absolute atomic E-state index is 13.1. The molecule has 2 aliphatic heterocycles. The Labute approximate surface area is 312 Å². The molecule has 0 aliphatic carbocycles. The van der Waals surface area contributed by atoms with Crippen molar-refractivity contribution in [3.63, 3.8) is 0 Å². The molecular weight excluding hydrogens is 706 g/mol. The van der Waals surface area contributed by atoms with Crippen LogP contribution >= 0.6 is 0 Å². The summed E-state index contributed by atoms with van der Waals surface area (Å²) in [7, 11) is 0. The lowest BCUT2D eigenvalue weighted by Crippen LogP contribution is -2.68. The molecule has 290 valence electrons. The summed E-state index contributed by atoms with van der Waals surface area (Å²) in [6.07, 6.45) is -11.6. The van der Waals surface area contributed by atoms with E-state index in [2.05, 4.69) is 0 Å². The third-order valence-electron chi connectivity index (χ3n) is 8.61. The van der Waals surface area contributed by atoms with Crippen LogP contribution in [0.4, 0.5) is 0 Å². The Hall–Kier alpha value is -4.74. The Morgan fingerprint density at radius 1 is 0.611 bits per heavy atom. The third kappa shape index (κ3) is 11.1. The normalized spacial score (nSPS) is 28.0. The highest BCUT2D eigenvalue weighted by atomic mass is 16.7. The van der Waals surface area contributed by atoms with Crippen LogP contribution in [-0.4, -0.2) is 104 Å². The van der Waals surface area contributed by atoms with Gasteiger partial charge in [0, 0.05) is 20.8 Å². The summed E-state index contributed by atoms with van der Waals surface area (Å²) in [5, 5.41) is 11.4. The van der Waals surface area contributed by atoms with Crippen molar-refractivity contribution in [2.75, 3.05) is 13.2 Å². The van der Waals surface area contributed by atoms with Crippen LogP contribution in [0.3, 0.4) is 0 Å². The van der Waals surface area contributed by atoms with Gasteiger partial charge in [-0.2, -0.15) is 0 Å². The predicted octanol–water partition coefficient (Wildman–Crippen LogP) is 2.60. The first kappa shape index (κ1) is 40.4. The molecule has 54 heavy (non-hydrogen) atoms. The van der Waals surface area contributed by atoms with Gasteiger partial charge < -0.3 is 53.5 Å². The number of ether oxygens (including phenoxy) is 9. The largest absolute Gasteiger partial charge is 0.463 e. The van der Waals surface area contributed by atoms with Gasteiger partial charge in [-0.3, -0.25) is 14.4 Å². The van der Waals surface area contributed by atoms with Crippen LogP contribution in [0, 0.1) is 0 Å². The van der Waals surface area contributed by atoms with Crippen molar-refractivity contribution >= 4 is 23.9 Å². The van der Waals surface area contributed by atoms with Crippen molar-refractivity contribution in [1.82, 2.24) is 0 Å². The first-order chi connectivity index (χ1) is 26.0. The minimum atomic E-state index is -1.59. The second kappa shape index (κ2) is 19.5. The molecule has 2 saturated heterocycles. The van der Waals surface area contributed by atoms with Gasteiger partial charge in [-0.05, 0) is 23.3 Å². The SMILES string of the molecule is CC(=O)OC[C@H]1O[C@@H](O[C@@H]2[C@H](OCc3ccccc3)[C@@H](OCc3ccccc3)[C@@H](O)O[C@@H]2COC(=O)c2ccccc2)[C@H](N)[C@H](OC(C)=O)[C@H]1OC(C)=O. The van der Waals surface area contributed by atoms with Crippen LogP contribution in [0.15, 0.2) is 91.0 Å². The number of hydrogen-bond donors (Lipinski definition) is 2. The van der Waals surface area contributed by atoms with Gasteiger partial charge in [0.1, 0.15) is 43.7 Å². The Balaban J connectivity index is 1.50. The topological polar surface area (TPSA) is 198 Å². The number of nitrogens with two attached hydrogens (primary N) is 1. The van der Waals surface area contributed by atoms with Crippen LogP contribution in [0.2, 0.25) is 0 Å². The molecule has 10 atom stereocenters. The zero-order chi connectivity index (χ0) is 38.6. The highest BCUT2D eigenvalue weighted by Crippen LogP contribution is 2.34. The quantitative estimate of drug-likeness (QED) is 0.170. The molecule has 0 spiro atoms. The van der Waals surface area contributed by atoms with E-state index in [1.165, 1.54) is 6.92 Å². The van der Waals surface area contributed by atoms with Crippen molar-refractivity contribution in [2.45, 2.75) is 95.3 Å². The molecular formula is C39H45NO14. The van der Waals surface area contributed by atoms with Gasteiger partial charge in [-0.1, -0.05) is 78.9 Å². The molecule has 3 aromatic carbocycles. The average Bonchev–Trinajstić information content (AvgIpc) is 3.16. The number of rotatable bonds is 15. The van der Waals surface area contributed by atoms with E-state index in [0.717, 1.165) is 25.0 Å². The molecule has 3 N–H and O–H groups in total. The summed E-state index contributed by atoms with van der Waals surface area (Å²) in [5.74, 6) is -2.79. The Bertz CT molecular complexity index is 1660. The molecule has 15 nitrogen and oxygen atoms in total. The molecule has 15 heteroatoms. The van der Waals surface area contributed by atoms with Crippen LogP contribution in [0.5, 0.6) is 0 Å². The van der Waals surface area contributed by atoms with Crippen LogP contribution < -0.4 is 5.73 Å². The summed E-state index contributed by atoms with van der Waals surface area (Å²) < 4.78 is 53.4. The standard InChI is InChI=1S/C39H45NO14/c1-23(41)46-21-30-32(50-24(2)42)34(51-25(3)43)31(40)39(53-30)54-33-29(22-49-37(44)28-17-11-6-12-18-28)52-38(45)36(48-20-27-15-9-5-10-16-27)35(33)47-19-26-13-7-4-8-14-26/h4-18,29-36,38-39,45H,19-22,40H2,1-3H3/t29-,30-,31-,32+,33+,34+,35+,36-,38+,39+/m1/s1. The zero-order valence-electron chi connectivity index (χ0n) is 30.1. The van der Waals surface area contributed by atoms with Crippen LogP contribution in [0.25, 0.3) is 0 Å². The molecule has 0 bridgehead atoms. The van der Waals surface area contributed by atoms with Crippen molar-refractivity contribution < 1.29 is 66.9 Å². The Morgan fingerprint density at radius 3 is 1.67 bits per heavy atom. The van der Waals surface area contributed by atoms with E-state index >= 15 is 0 Å². The van der Waals surface area contributed by atoms with E-state index in [1.807, 2.05) is 60.7 Å². The number of hydrogen-bond acceptors (Lipinski definition) is 15. The molecule has 5 rings (SSSR count). The van der Waals surface area contributed by atoms with E-state index < -0.39 is 98.4 Å². The molecule has 0 aromatic heterocycles. The summed E-state index contributed by atoms with van der Waals surface area (Å²) in [4.78, 5) is 49.3. The van der Waals surface area contributed by atoms with Crippen molar-refractivity contribution in [2.24, 2.45) is 5.73 Å². The lowest BCUT2D eigenvalue weighted by molar-refractivity contribution is -0.351. The minimum absolute atomic E-state index is 0.0387. The number of aliphatic hydroxyl groups excluding tert-OH is 1. The maximum Gasteiger partial charge on any atom is 0.338 e. The summed E-state index contributed by atoms with van der Waals surface area (Å²) in [6, 6.07) is 25.5. The fourth-order valence-corrected chi connectivity index (χ4v) is 6.12. The number of carbonyl (C=O) groups excluding carboxylic acids is 4. The van der Waals surface area contributed by atoms with Crippen molar-refractivity contribution in [3.05, 3.63) is 108 Å². The van der Waals surface area contributed by atoms with Gasteiger partial charge >= 0.3 is 23.9 Å². The second-order valence-electron chi connectivity index (χ2n) is 12.7. The number of carbonyl (C=O) groups is 4. The van der Waals surface area contributed by atoms with Gasteiger partial charge in [0.15, 0.2) is 24.8 Å². The third-order valence-corrected chi connectivity index (χ3v) is 8.61. The Kier molecular flexibility index (Phi) is 14.6. The predicted molar refractivity (Wildman–Crippen MR) is 187 cm³/mol. The number of aliphatic hydroxyl groups is 1. The van der Waals surface area contributed by atoms with E-state index in [9.17, 15) is 24.3 Å². The summed E-state index contributed by atoms with van der Waals surface area (Å²) in [6.45, 7) is 2.73. The molecule has 2 fully saturated rings. The van der Waals surface area contributed by atoms with E-state index in [1.54, 1.807) is 30.3 Å². The first-order valence-electron chi connectivity index (χ1n) is 17.4. The fraction of sp³-hybridized carbons (Fsp3) is 0.436. The molecule has 2 aliphatic rings. The smallest absolute Gasteiger partial charge is 0.338 e. The van der Waals surface area contributed by atoms with Crippen molar-refractivity contribution in [1.29, 1.82) is 0 Å². The second-order valence-corrected chi connectivity index (χ2v) is 12.7. The van der Waals surface area contributed by atoms with Gasteiger partial charge in [-0.25, -0.2) is 4.79 Å². The maximum atomic E-state index is 13.1. The molecule has 0 amide bonds. The van der Waals surface area contributed by atoms with Gasteiger partial charge in [-0.15, -0.1) is 0 Å². The first-order valence-corrected chi connectivity index (χ1v) is 17.4. The average molecular weight is 752 g/mol. The lowest BCUT2D eigenvalue weighted by Gasteiger charge is -2.48. The minimum Gasteiger partial charge on any atom is -0.463 e. The number of esters is 4. The van der Waals surface area contributed by atoms with Gasteiger partial charge in [0.25, 0.3) is 0 Å². The molecule has 3 aromatic rings. The highest BCUT2D eigenvalue weighted by Gasteiger charge is 2.54. The van der Waals surface area contributed by atoms with E-state index in [4.69, 9.17) is 48.4 Å². The summed E-state index contributed by atoms with van der Waals surface area (Å²) in [5.41, 5.74) is 8.52. The van der Waals surface area contributed by atoms with Crippen molar-refractivity contribution in [3.8, 4) is 0 Å². The lowest BCUT2D eigenvalue weighted by atomic mass is 9.95. The van der Waals surface area contributed by atoms with Crippen LogP contribution in [-0.2, 0) is 70.2 Å². The van der Waals surface area contributed by atoms with Gasteiger partial charge in [0.05, 0.1) is 24.8 Å². The van der Waals surface area contributed by atoms with Crippen LogP contribution in [0.1, 0.15) is 42.3 Å². The van der Waals surface area contributed by atoms with E-state index in [-0.39, 0.29) is 18.8 Å².